The molecule has 142 valence electrons. The maximum absolute atomic E-state index is 11.6. The molecule has 2 aromatic heterocycles. The van der Waals surface area contributed by atoms with Gasteiger partial charge in [0.15, 0.2) is 0 Å². The van der Waals surface area contributed by atoms with Gasteiger partial charge >= 0.3 is 0 Å². The standard InChI is InChI=1S/C18H26N4O3S/c19-15-14-13(5-6-21-18(14)26-16(15)17(20)24)22-7-3-4-12(10-22)11-25-9-2-1-8-23/h5-6,12,23H,1-4,7-11,19H2,(H2,20,24). The van der Waals surface area contributed by atoms with E-state index in [9.17, 15) is 4.79 Å². The molecular formula is C18H26N4O3S. The van der Waals surface area contributed by atoms with Crippen LogP contribution >= 0.6 is 11.3 Å². The van der Waals surface area contributed by atoms with E-state index in [0.717, 1.165) is 61.3 Å². The third-order valence-corrected chi connectivity index (χ3v) is 5.87. The van der Waals surface area contributed by atoms with Crippen molar-refractivity contribution >= 4 is 38.8 Å². The van der Waals surface area contributed by atoms with Crippen LogP contribution in [0.25, 0.3) is 10.2 Å². The molecule has 3 heterocycles. The van der Waals surface area contributed by atoms with Gasteiger partial charge in [0, 0.05) is 32.5 Å². The predicted molar refractivity (Wildman–Crippen MR) is 105 cm³/mol. The van der Waals surface area contributed by atoms with Gasteiger partial charge in [-0.25, -0.2) is 4.98 Å². The molecule has 3 rings (SSSR count). The zero-order chi connectivity index (χ0) is 18.5. The number of nitrogen functional groups attached to an aromatic ring is 1. The molecule has 2 aromatic rings. The van der Waals surface area contributed by atoms with E-state index in [1.54, 1.807) is 6.20 Å². The number of unbranched alkanes of at least 4 members (excludes halogenated alkanes) is 1. The number of aromatic nitrogens is 1. The second kappa shape index (κ2) is 8.66. The van der Waals surface area contributed by atoms with E-state index in [0.29, 0.717) is 23.1 Å². The third kappa shape index (κ3) is 4.08. The van der Waals surface area contributed by atoms with Gasteiger partial charge in [0.2, 0.25) is 0 Å². The van der Waals surface area contributed by atoms with Crippen molar-refractivity contribution in [2.75, 3.05) is 43.5 Å². The Hall–Kier alpha value is -1.90. The summed E-state index contributed by atoms with van der Waals surface area (Å²) in [6.07, 6.45) is 5.65. The van der Waals surface area contributed by atoms with Crippen molar-refractivity contribution in [3.05, 3.63) is 17.1 Å². The molecule has 0 radical (unpaired) electrons. The normalized spacial score (nSPS) is 17.7. The molecule has 1 unspecified atom stereocenters. The largest absolute Gasteiger partial charge is 0.397 e. The van der Waals surface area contributed by atoms with Crippen molar-refractivity contribution in [2.24, 2.45) is 11.7 Å². The van der Waals surface area contributed by atoms with Crippen LogP contribution in [0.1, 0.15) is 35.4 Å². The molecule has 0 aromatic carbocycles. The van der Waals surface area contributed by atoms with Gasteiger partial charge < -0.3 is 26.2 Å². The number of hydrogen-bond acceptors (Lipinski definition) is 7. The van der Waals surface area contributed by atoms with Gasteiger partial charge in [-0.1, -0.05) is 0 Å². The number of rotatable bonds is 8. The quantitative estimate of drug-likeness (QED) is 0.605. The highest BCUT2D eigenvalue weighted by molar-refractivity contribution is 7.21. The third-order valence-electron chi connectivity index (χ3n) is 4.74. The number of nitrogens with zero attached hydrogens (tertiary/aromatic N) is 2. The SMILES string of the molecule is NC(=O)c1sc2nccc(N3CCCC(COCCCCO)C3)c2c1N. The molecule has 1 atom stereocenters. The van der Waals surface area contributed by atoms with Crippen LogP contribution < -0.4 is 16.4 Å². The van der Waals surface area contributed by atoms with E-state index in [-0.39, 0.29) is 6.61 Å². The Morgan fingerprint density at radius 2 is 2.31 bits per heavy atom. The topological polar surface area (TPSA) is 115 Å². The average Bonchev–Trinajstić information content (AvgIpc) is 2.99. The van der Waals surface area contributed by atoms with E-state index >= 15 is 0 Å². The number of ether oxygens (including phenoxy) is 1. The first-order chi connectivity index (χ1) is 12.6. The van der Waals surface area contributed by atoms with Crippen molar-refractivity contribution < 1.29 is 14.6 Å². The zero-order valence-corrected chi connectivity index (χ0v) is 15.6. The fourth-order valence-electron chi connectivity index (χ4n) is 3.46. The van der Waals surface area contributed by atoms with E-state index in [4.69, 9.17) is 21.3 Å². The number of anilines is 2. The second-order valence-electron chi connectivity index (χ2n) is 6.68. The van der Waals surface area contributed by atoms with Gasteiger partial charge in [-0.15, -0.1) is 11.3 Å². The zero-order valence-electron chi connectivity index (χ0n) is 14.8. The summed E-state index contributed by atoms with van der Waals surface area (Å²) in [5.74, 6) is -0.0548. The molecule has 1 aliphatic rings. The molecule has 0 aliphatic carbocycles. The number of carbonyl (C=O) groups is 1. The van der Waals surface area contributed by atoms with Crippen molar-refractivity contribution in [3.8, 4) is 0 Å². The number of amides is 1. The fraction of sp³-hybridized carbons (Fsp3) is 0.556. The lowest BCUT2D eigenvalue weighted by Crippen LogP contribution is -2.37. The van der Waals surface area contributed by atoms with Crippen molar-refractivity contribution in [2.45, 2.75) is 25.7 Å². The minimum absolute atomic E-state index is 0.216. The Morgan fingerprint density at radius 3 is 3.08 bits per heavy atom. The van der Waals surface area contributed by atoms with Gasteiger partial charge in [-0.05, 0) is 37.7 Å². The van der Waals surface area contributed by atoms with E-state index < -0.39 is 5.91 Å². The molecule has 8 heteroatoms. The lowest BCUT2D eigenvalue weighted by Gasteiger charge is -2.34. The van der Waals surface area contributed by atoms with E-state index in [1.807, 2.05) is 6.07 Å². The summed E-state index contributed by atoms with van der Waals surface area (Å²) in [7, 11) is 0. The summed E-state index contributed by atoms with van der Waals surface area (Å²) in [5, 5.41) is 9.64. The molecule has 26 heavy (non-hydrogen) atoms. The monoisotopic (exact) mass is 378 g/mol. The Labute approximate surface area is 156 Å². The first-order valence-corrected chi connectivity index (χ1v) is 9.83. The van der Waals surface area contributed by atoms with Crippen LogP contribution in [0.5, 0.6) is 0 Å². The van der Waals surface area contributed by atoms with E-state index in [1.165, 1.54) is 11.3 Å². The van der Waals surface area contributed by atoms with Crippen LogP contribution in [0.3, 0.4) is 0 Å². The maximum Gasteiger partial charge on any atom is 0.260 e. The molecule has 1 amide bonds. The number of fused-ring (bicyclic) bond motifs is 1. The maximum atomic E-state index is 11.6. The van der Waals surface area contributed by atoms with Crippen molar-refractivity contribution in [1.29, 1.82) is 0 Å². The Kier molecular flexibility index (Phi) is 6.29. The summed E-state index contributed by atoms with van der Waals surface area (Å²) in [5.41, 5.74) is 13.1. The predicted octanol–water partition coefficient (Wildman–Crippen LogP) is 1.98. The van der Waals surface area contributed by atoms with Gasteiger partial charge in [0.25, 0.3) is 5.91 Å². The molecule has 7 nitrogen and oxygen atoms in total. The summed E-state index contributed by atoms with van der Waals surface area (Å²) >= 11 is 1.25. The highest BCUT2D eigenvalue weighted by Gasteiger charge is 2.24. The highest BCUT2D eigenvalue weighted by atomic mass is 32.1. The molecule has 1 saturated heterocycles. The molecular weight excluding hydrogens is 352 g/mol. The summed E-state index contributed by atoms with van der Waals surface area (Å²) in [4.78, 5) is 19.4. The molecule has 0 bridgehead atoms. The van der Waals surface area contributed by atoms with Gasteiger partial charge in [0.1, 0.15) is 9.71 Å². The number of aliphatic hydroxyl groups is 1. The molecule has 1 aliphatic heterocycles. The number of aliphatic hydroxyl groups excluding tert-OH is 1. The minimum atomic E-state index is -0.510. The average molecular weight is 378 g/mol. The second-order valence-corrected chi connectivity index (χ2v) is 7.68. The smallest absolute Gasteiger partial charge is 0.260 e. The summed E-state index contributed by atoms with van der Waals surface area (Å²) in [6, 6.07) is 1.96. The number of pyridine rings is 1. The first kappa shape index (κ1) is 18.9. The van der Waals surface area contributed by atoms with Gasteiger partial charge in [-0.3, -0.25) is 4.79 Å². The summed E-state index contributed by atoms with van der Waals surface area (Å²) < 4.78 is 5.77. The first-order valence-electron chi connectivity index (χ1n) is 9.02. The number of primary amides is 1. The van der Waals surface area contributed by atoms with Crippen LogP contribution in [-0.2, 0) is 4.74 Å². The summed E-state index contributed by atoms with van der Waals surface area (Å²) in [6.45, 7) is 3.47. The molecule has 1 fully saturated rings. The van der Waals surface area contributed by atoms with E-state index in [2.05, 4.69) is 9.88 Å². The molecule has 5 N–H and O–H groups in total. The minimum Gasteiger partial charge on any atom is -0.397 e. The number of thiophene rings is 1. The molecule has 0 saturated carbocycles. The van der Waals surface area contributed by atoms with Crippen molar-refractivity contribution in [1.82, 2.24) is 4.98 Å². The van der Waals surface area contributed by atoms with Crippen LogP contribution in [-0.4, -0.2) is 48.9 Å². The lowest BCUT2D eigenvalue weighted by molar-refractivity contribution is 0.0878. The van der Waals surface area contributed by atoms with Crippen LogP contribution in [0.2, 0.25) is 0 Å². The Morgan fingerprint density at radius 1 is 1.46 bits per heavy atom. The van der Waals surface area contributed by atoms with Crippen LogP contribution in [0.15, 0.2) is 12.3 Å². The number of piperidine rings is 1. The fourth-order valence-corrected chi connectivity index (χ4v) is 4.40. The van der Waals surface area contributed by atoms with Gasteiger partial charge in [0.05, 0.1) is 23.4 Å². The number of hydrogen-bond donors (Lipinski definition) is 3. The number of nitrogens with two attached hydrogens (primary N) is 2. The van der Waals surface area contributed by atoms with Crippen LogP contribution in [0.4, 0.5) is 11.4 Å². The Bertz CT molecular complexity index is 764. The van der Waals surface area contributed by atoms with Crippen molar-refractivity contribution in [3.63, 3.8) is 0 Å². The number of carbonyl (C=O) groups excluding carboxylic acids is 1. The highest BCUT2D eigenvalue weighted by Crippen LogP contribution is 2.39. The lowest BCUT2D eigenvalue weighted by atomic mass is 9.98. The molecule has 0 spiro atoms. The Balaban J connectivity index is 1.73. The van der Waals surface area contributed by atoms with Crippen LogP contribution in [0, 0.1) is 5.92 Å². The van der Waals surface area contributed by atoms with Gasteiger partial charge in [-0.2, -0.15) is 0 Å².